The van der Waals surface area contributed by atoms with Crippen molar-refractivity contribution < 1.29 is 0 Å². The number of hydrogen-bond donors (Lipinski definition) is 1. The Balaban J connectivity index is 0.00000147. The molecule has 0 saturated carbocycles. The van der Waals surface area contributed by atoms with E-state index in [-0.39, 0.29) is 12.4 Å². The van der Waals surface area contributed by atoms with E-state index in [2.05, 4.69) is 59.7 Å². The van der Waals surface area contributed by atoms with Crippen molar-refractivity contribution in [3.8, 4) is 0 Å². The van der Waals surface area contributed by atoms with Gasteiger partial charge in [0.05, 0.1) is 0 Å². The van der Waals surface area contributed by atoms with Crippen LogP contribution >= 0.6 is 12.4 Å². The summed E-state index contributed by atoms with van der Waals surface area (Å²) in [4.78, 5) is 2.52. The Morgan fingerprint density at radius 1 is 1.05 bits per heavy atom. The standard InChI is InChI=1S/C17H22N2.ClH/c1-19(16-9-11-18-12-10-16)13-15-7-4-6-14-5-2-3-8-17(14)15;/h2-8,16,18H,9-13H2,1H3;1H. The molecule has 2 nitrogen and oxygen atoms in total. The third kappa shape index (κ3) is 3.32. The number of rotatable bonds is 3. The third-order valence-corrected chi connectivity index (χ3v) is 4.23. The van der Waals surface area contributed by atoms with Gasteiger partial charge in [-0.2, -0.15) is 0 Å². The lowest BCUT2D eigenvalue weighted by Gasteiger charge is -2.31. The van der Waals surface area contributed by atoms with Crippen molar-refractivity contribution in [2.24, 2.45) is 0 Å². The third-order valence-electron chi connectivity index (χ3n) is 4.23. The molecule has 20 heavy (non-hydrogen) atoms. The quantitative estimate of drug-likeness (QED) is 0.931. The van der Waals surface area contributed by atoms with Gasteiger partial charge in [0.1, 0.15) is 0 Å². The molecule has 0 spiro atoms. The van der Waals surface area contributed by atoms with Gasteiger partial charge in [-0.3, -0.25) is 4.90 Å². The van der Waals surface area contributed by atoms with Crippen molar-refractivity contribution in [2.75, 3.05) is 20.1 Å². The summed E-state index contributed by atoms with van der Waals surface area (Å²) in [5.41, 5.74) is 1.44. The summed E-state index contributed by atoms with van der Waals surface area (Å²) in [6.45, 7) is 3.36. The number of halogens is 1. The van der Waals surface area contributed by atoms with Gasteiger partial charge in [-0.05, 0) is 49.3 Å². The lowest BCUT2D eigenvalue weighted by molar-refractivity contribution is 0.192. The van der Waals surface area contributed by atoms with Gasteiger partial charge >= 0.3 is 0 Å². The maximum Gasteiger partial charge on any atom is 0.0239 e. The van der Waals surface area contributed by atoms with E-state index in [0.29, 0.717) is 0 Å². The van der Waals surface area contributed by atoms with Gasteiger partial charge in [0.25, 0.3) is 0 Å². The molecule has 3 rings (SSSR count). The smallest absolute Gasteiger partial charge is 0.0239 e. The van der Waals surface area contributed by atoms with E-state index in [1.165, 1.54) is 29.2 Å². The minimum absolute atomic E-state index is 0. The highest BCUT2D eigenvalue weighted by molar-refractivity contribution is 5.85. The Morgan fingerprint density at radius 2 is 1.75 bits per heavy atom. The molecule has 0 unspecified atom stereocenters. The van der Waals surface area contributed by atoms with Crippen LogP contribution in [0.3, 0.4) is 0 Å². The highest BCUT2D eigenvalue weighted by Gasteiger charge is 2.18. The Morgan fingerprint density at radius 3 is 2.55 bits per heavy atom. The molecule has 1 aliphatic heterocycles. The summed E-state index contributed by atoms with van der Waals surface area (Å²) in [7, 11) is 2.26. The zero-order chi connectivity index (χ0) is 13.1. The van der Waals surface area contributed by atoms with Crippen molar-refractivity contribution in [1.82, 2.24) is 10.2 Å². The van der Waals surface area contributed by atoms with Crippen molar-refractivity contribution >= 4 is 23.2 Å². The molecule has 1 heterocycles. The summed E-state index contributed by atoms with van der Waals surface area (Å²) in [6, 6.07) is 16.0. The molecule has 0 atom stereocenters. The Bertz CT molecular complexity index is 544. The van der Waals surface area contributed by atoms with Gasteiger partial charge in [-0.25, -0.2) is 0 Å². The zero-order valence-electron chi connectivity index (χ0n) is 12.0. The second kappa shape index (κ2) is 7.07. The normalized spacial score (nSPS) is 16.3. The first-order valence-corrected chi connectivity index (χ1v) is 7.22. The molecule has 2 aromatic carbocycles. The van der Waals surface area contributed by atoms with Crippen LogP contribution in [-0.4, -0.2) is 31.1 Å². The predicted octanol–water partition coefficient (Wildman–Crippen LogP) is 3.45. The van der Waals surface area contributed by atoms with Crippen LogP contribution in [-0.2, 0) is 6.54 Å². The fourth-order valence-electron chi connectivity index (χ4n) is 3.08. The van der Waals surface area contributed by atoms with Crippen molar-refractivity contribution in [1.29, 1.82) is 0 Å². The SMILES string of the molecule is CN(Cc1cccc2ccccc12)C1CCNCC1.Cl. The summed E-state index contributed by atoms with van der Waals surface area (Å²) < 4.78 is 0. The van der Waals surface area contributed by atoms with E-state index in [9.17, 15) is 0 Å². The largest absolute Gasteiger partial charge is 0.317 e. The summed E-state index contributed by atoms with van der Waals surface area (Å²) in [5, 5.41) is 6.18. The molecule has 0 aromatic heterocycles. The Labute approximate surface area is 127 Å². The monoisotopic (exact) mass is 290 g/mol. The summed E-state index contributed by atoms with van der Waals surface area (Å²) in [5.74, 6) is 0. The number of fused-ring (bicyclic) bond motifs is 1. The molecule has 1 fully saturated rings. The fraction of sp³-hybridized carbons (Fsp3) is 0.412. The van der Waals surface area contributed by atoms with Gasteiger partial charge in [0.2, 0.25) is 0 Å². The molecule has 0 aliphatic carbocycles. The molecular formula is C17H23ClN2. The van der Waals surface area contributed by atoms with E-state index in [4.69, 9.17) is 0 Å². The number of hydrogen-bond acceptors (Lipinski definition) is 2. The maximum atomic E-state index is 3.44. The van der Waals surface area contributed by atoms with E-state index in [1.807, 2.05) is 0 Å². The molecule has 108 valence electrons. The van der Waals surface area contributed by atoms with E-state index in [1.54, 1.807) is 0 Å². The Hall–Kier alpha value is -1.09. The lowest BCUT2D eigenvalue weighted by atomic mass is 10.0. The summed E-state index contributed by atoms with van der Waals surface area (Å²) >= 11 is 0. The van der Waals surface area contributed by atoms with Gasteiger partial charge in [0.15, 0.2) is 0 Å². The number of nitrogens with zero attached hydrogens (tertiary/aromatic N) is 1. The van der Waals surface area contributed by atoms with Crippen LogP contribution < -0.4 is 5.32 Å². The fourth-order valence-corrected chi connectivity index (χ4v) is 3.08. The first kappa shape index (κ1) is 15.3. The first-order valence-electron chi connectivity index (χ1n) is 7.22. The molecular weight excluding hydrogens is 268 g/mol. The predicted molar refractivity (Wildman–Crippen MR) is 88.6 cm³/mol. The van der Waals surface area contributed by atoms with Crippen molar-refractivity contribution in [2.45, 2.75) is 25.4 Å². The van der Waals surface area contributed by atoms with E-state index in [0.717, 1.165) is 25.7 Å². The highest BCUT2D eigenvalue weighted by atomic mass is 35.5. The maximum absolute atomic E-state index is 3.44. The van der Waals surface area contributed by atoms with E-state index < -0.39 is 0 Å². The van der Waals surface area contributed by atoms with Crippen molar-refractivity contribution in [3.63, 3.8) is 0 Å². The molecule has 0 bridgehead atoms. The number of benzene rings is 2. The highest BCUT2D eigenvalue weighted by Crippen LogP contribution is 2.21. The molecule has 2 aromatic rings. The van der Waals surface area contributed by atoms with Crippen LogP contribution in [0, 0.1) is 0 Å². The molecule has 3 heteroatoms. The minimum Gasteiger partial charge on any atom is -0.317 e. The minimum atomic E-state index is 0. The van der Waals surface area contributed by atoms with Gasteiger partial charge in [0, 0.05) is 12.6 Å². The van der Waals surface area contributed by atoms with Crippen molar-refractivity contribution in [3.05, 3.63) is 48.0 Å². The lowest BCUT2D eigenvalue weighted by Crippen LogP contribution is -2.40. The van der Waals surface area contributed by atoms with Crippen LogP contribution in [0.1, 0.15) is 18.4 Å². The van der Waals surface area contributed by atoms with Crippen LogP contribution in [0.25, 0.3) is 10.8 Å². The van der Waals surface area contributed by atoms with Gasteiger partial charge in [-0.15, -0.1) is 12.4 Å². The average molecular weight is 291 g/mol. The second-order valence-corrected chi connectivity index (χ2v) is 5.53. The molecule has 0 radical (unpaired) electrons. The number of nitrogens with one attached hydrogen (secondary N) is 1. The van der Waals surface area contributed by atoms with Crippen LogP contribution in [0.4, 0.5) is 0 Å². The molecule has 0 amide bonds. The van der Waals surface area contributed by atoms with E-state index >= 15 is 0 Å². The van der Waals surface area contributed by atoms with Crippen LogP contribution in [0.5, 0.6) is 0 Å². The van der Waals surface area contributed by atoms with Gasteiger partial charge in [-0.1, -0.05) is 42.5 Å². The zero-order valence-corrected chi connectivity index (χ0v) is 12.8. The van der Waals surface area contributed by atoms with Crippen LogP contribution in [0.15, 0.2) is 42.5 Å². The van der Waals surface area contributed by atoms with Crippen LogP contribution in [0.2, 0.25) is 0 Å². The molecule has 1 saturated heterocycles. The second-order valence-electron chi connectivity index (χ2n) is 5.53. The Kier molecular flexibility index (Phi) is 5.41. The first-order chi connectivity index (χ1) is 9.34. The van der Waals surface area contributed by atoms with Gasteiger partial charge < -0.3 is 5.32 Å². The average Bonchev–Trinajstić information content (AvgIpc) is 2.48. The summed E-state index contributed by atoms with van der Waals surface area (Å²) in [6.07, 6.45) is 2.53. The molecule has 1 aliphatic rings. The molecule has 1 N–H and O–H groups in total. The number of piperidine rings is 1. The topological polar surface area (TPSA) is 15.3 Å².